The van der Waals surface area contributed by atoms with E-state index in [1.54, 1.807) is 7.11 Å². The summed E-state index contributed by atoms with van der Waals surface area (Å²) in [6.07, 6.45) is 4.31. The third-order valence-corrected chi connectivity index (χ3v) is 5.87. The van der Waals surface area contributed by atoms with Gasteiger partial charge in [-0.1, -0.05) is 18.2 Å². The molecular weight excluding hydrogens is 354 g/mol. The molecule has 7 nitrogen and oxygen atoms in total. The average Bonchev–Trinajstić information content (AvgIpc) is 3.04. The van der Waals surface area contributed by atoms with Gasteiger partial charge in [0.15, 0.2) is 0 Å². The maximum Gasteiger partial charge on any atom is 0.222 e. The molecule has 0 bridgehead atoms. The van der Waals surface area contributed by atoms with E-state index in [2.05, 4.69) is 20.1 Å². The maximum absolute atomic E-state index is 12.8. The number of carbonyl (C=O) groups excluding carboxylic acids is 1. The second-order valence-corrected chi connectivity index (χ2v) is 7.61. The highest BCUT2D eigenvalue weighted by molar-refractivity contribution is 5.76. The van der Waals surface area contributed by atoms with E-state index >= 15 is 0 Å². The molecule has 1 aromatic carbocycles. The van der Waals surface area contributed by atoms with Crippen molar-refractivity contribution in [2.24, 2.45) is 0 Å². The largest absolute Gasteiger partial charge is 0.496 e. The van der Waals surface area contributed by atoms with Gasteiger partial charge in [0, 0.05) is 44.9 Å². The van der Waals surface area contributed by atoms with Crippen LogP contribution in [0.4, 0.5) is 0 Å². The number of para-hydroxylation sites is 1. The minimum Gasteiger partial charge on any atom is -0.496 e. The lowest BCUT2D eigenvalue weighted by Crippen LogP contribution is -2.34. The Hall–Kier alpha value is -2.41. The number of ether oxygens (including phenoxy) is 1. The fourth-order valence-corrected chi connectivity index (χ4v) is 4.28. The summed E-state index contributed by atoms with van der Waals surface area (Å²) in [5.41, 5.74) is 1.08. The lowest BCUT2D eigenvalue weighted by Gasteiger charge is -2.23. The summed E-state index contributed by atoms with van der Waals surface area (Å²) in [5, 5.41) is 12.4. The summed E-state index contributed by atoms with van der Waals surface area (Å²) in [4.78, 5) is 14.8. The van der Waals surface area contributed by atoms with Gasteiger partial charge in [0.1, 0.15) is 17.4 Å². The number of nitrogens with one attached hydrogen (secondary N) is 1. The number of fused-ring (bicyclic) bond motifs is 1. The number of piperidine rings is 1. The van der Waals surface area contributed by atoms with Crippen LogP contribution in [0.1, 0.15) is 42.4 Å². The lowest BCUT2D eigenvalue weighted by atomic mass is 9.99. The van der Waals surface area contributed by atoms with Crippen molar-refractivity contribution >= 4 is 5.91 Å². The molecule has 1 saturated heterocycles. The fraction of sp³-hybridized carbons (Fsp3) is 0.571. The molecule has 1 amide bonds. The molecule has 7 heteroatoms. The number of amides is 1. The molecule has 2 aromatic rings. The van der Waals surface area contributed by atoms with Gasteiger partial charge in [-0.05, 0) is 37.4 Å². The van der Waals surface area contributed by atoms with Crippen LogP contribution in [0.3, 0.4) is 0 Å². The van der Waals surface area contributed by atoms with Crippen LogP contribution in [0.15, 0.2) is 24.3 Å². The molecule has 0 radical (unpaired) electrons. The molecule has 150 valence electrons. The van der Waals surface area contributed by atoms with Gasteiger partial charge in [-0.15, -0.1) is 10.2 Å². The lowest BCUT2D eigenvalue weighted by molar-refractivity contribution is -0.131. The van der Waals surface area contributed by atoms with Gasteiger partial charge in [0.05, 0.1) is 7.11 Å². The molecule has 4 rings (SSSR count). The third kappa shape index (κ3) is 4.04. The molecule has 3 heterocycles. The summed E-state index contributed by atoms with van der Waals surface area (Å²) in [7, 11) is 1.67. The summed E-state index contributed by atoms with van der Waals surface area (Å²) >= 11 is 0. The minimum atomic E-state index is 0.200. The van der Waals surface area contributed by atoms with E-state index in [0.29, 0.717) is 25.3 Å². The van der Waals surface area contributed by atoms with Crippen LogP contribution in [-0.4, -0.2) is 58.9 Å². The van der Waals surface area contributed by atoms with Crippen LogP contribution in [0.25, 0.3) is 0 Å². The number of carbonyl (C=O) groups is 1. The number of hydrogen-bond donors (Lipinski definition) is 1. The van der Waals surface area contributed by atoms with Gasteiger partial charge in [0.25, 0.3) is 0 Å². The summed E-state index contributed by atoms with van der Waals surface area (Å²) < 4.78 is 7.65. The number of benzene rings is 1. The Bertz CT molecular complexity index is 813. The van der Waals surface area contributed by atoms with Crippen molar-refractivity contribution in [2.75, 3.05) is 33.3 Å². The molecule has 0 spiro atoms. The molecule has 1 aromatic heterocycles. The standard InChI is InChI=1S/C21H29N5O2/c1-28-18-7-3-2-5-16(18)8-9-20(27)25-12-10-19-23-24-21(26(19)14-13-25)17-6-4-11-22-15-17/h2-3,5,7,17,22H,4,6,8-15H2,1H3/t17-/m1/s1. The highest BCUT2D eigenvalue weighted by atomic mass is 16.5. The van der Waals surface area contributed by atoms with E-state index in [9.17, 15) is 4.79 Å². The van der Waals surface area contributed by atoms with Crippen molar-refractivity contribution in [3.63, 3.8) is 0 Å². The molecule has 2 aliphatic heterocycles. The second-order valence-electron chi connectivity index (χ2n) is 7.61. The van der Waals surface area contributed by atoms with E-state index in [1.165, 1.54) is 6.42 Å². The van der Waals surface area contributed by atoms with Gasteiger partial charge in [-0.25, -0.2) is 0 Å². The van der Waals surface area contributed by atoms with Gasteiger partial charge in [0.2, 0.25) is 5.91 Å². The first-order chi connectivity index (χ1) is 13.8. The number of rotatable bonds is 5. The zero-order valence-electron chi connectivity index (χ0n) is 16.6. The highest BCUT2D eigenvalue weighted by Crippen LogP contribution is 2.24. The van der Waals surface area contributed by atoms with Gasteiger partial charge < -0.3 is 19.5 Å². The molecule has 0 aliphatic carbocycles. The van der Waals surface area contributed by atoms with E-state index < -0.39 is 0 Å². The van der Waals surface area contributed by atoms with Crippen molar-refractivity contribution in [3.8, 4) is 5.75 Å². The van der Waals surface area contributed by atoms with Crippen LogP contribution in [0.5, 0.6) is 5.75 Å². The number of aryl methyl sites for hydroxylation is 1. The fourth-order valence-electron chi connectivity index (χ4n) is 4.28. The van der Waals surface area contributed by atoms with E-state index in [1.807, 2.05) is 29.2 Å². The van der Waals surface area contributed by atoms with Crippen molar-refractivity contribution < 1.29 is 9.53 Å². The van der Waals surface area contributed by atoms with E-state index in [-0.39, 0.29) is 5.91 Å². The van der Waals surface area contributed by atoms with Gasteiger partial charge in [-0.3, -0.25) is 4.79 Å². The molecular formula is C21H29N5O2. The predicted octanol–water partition coefficient (Wildman–Crippen LogP) is 1.77. The van der Waals surface area contributed by atoms with Crippen molar-refractivity contribution in [2.45, 2.75) is 44.6 Å². The third-order valence-electron chi connectivity index (χ3n) is 5.87. The Morgan fingerprint density at radius 2 is 2.14 bits per heavy atom. The van der Waals surface area contributed by atoms with E-state index in [0.717, 1.165) is 62.0 Å². The van der Waals surface area contributed by atoms with Crippen LogP contribution >= 0.6 is 0 Å². The summed E-state index contributed by atoms with van der Waals surface area (Å²) in [6, 6.07) is 7.91. The first kappa shape index (κ1) is 18.9. The Morgan fingerprint density at radius 1 is 1.25 bits per heavy atom. The quantitative estimate of drug-likeness (QED) is 0.852. The van der Waals surface area contributed by atoms with Crippen molar-refractivity contribution in [1.29, 1.82) is 0 Å². The SMILES string of the molecule is COc1ccccc1CCC(=O)N1CCc2nnc([C@@H]3CCCNC3)n2CC1. The molecule has 1 N–H and O–H groups in total. The van der Waals surface area contributed by atoms with Crippen molar-refractivity contribution in [1.82, 2.24) is 25.0 Å². The normalized spacial score (nSPS) is 19.8. The van der Waals surface area contributed by atoms with Gasteiger partial charge in [-0.2, -0.15) is 0 Å². The summed E-state index contributed by atoms with van der Waals surface area (Å²) in [6.45, 7) is 4.29. The molecule has 2 aliphatic rings. The monoisotopic (exact) mass is 383 g/mol. The first-order valence-electron chi connectivity index (χ1n) is 10.3. The Labute approximate surface area is 166 Å². The molecule has 0 saturated carbocycles. The number of nitrogens with zero attached hydrogens (tertiary/aromatic N) is 4. The first-order valence-corrected chi connectivity index (χ1v) is 10.3. The maximum atomic E-state index is 12.8. The Morgan fingerprint density at radius 3 is 2.96 bits per heavy atom. The number of methoxy groups -OCH3 is 1. The molecule has 1 atom stereocenters. The second kappa shape index (κ2) is 8.73. The smallest absolute Gasteiger partial charge is 0.222 e. The highest BCUT2D eigenvalue weighted by Gasteiger charge is 2.26. The van der Waals surface area contributed by atoms with E-state index in [4.69, 9.17) is 4.74 Å². The zero-order chi connectivity index (χ0) is 19.3. The Kier molecular flexibility index (Phi) is 5.90. The van der Waals surface area contributed by atoms with Crippen molar-refractivity contribution in [3.05, 3.63) is 41.5 Å². The van der Waals surface area contributed by atoms with Crippen LogP contribution in [-0.2, 0) is 24.2 Å². The molecule has 28 heavy (non-hydrogen) atoms. The molecule has 0 unspecified atom stereocenters. The van der Waals surface area contributed by atoms with Crippen LogP contribution in [0, 0.1) is 0 Å². The molecule has 1 fully saturated rings. The topological polar surface area (TPSA) is 72.3 Å². The minimum absolute atomic E-state index is 0.200. The predicted molar refractivity (Wildman–Crippen MR) is 106 cm³/mol. The summed E-state index contributed by atoms with van der Waals surface area (Å²) in [5.74, 6) is 3.59. The van der Waals surface area contributed by atoms with Crippen LogP contribution in [0.2, 0.25) is 0 Å². The van der Waals surface area contributed by atoms with Crippen LogP contribution < -0.4 is 10.1 Å². The number of hydrogen-bond acceptors (Lipinski definition) is 5. The number of aromatic nitrogens is 3. The average molecular weight is 383 g/mol. The van der Waals surface area contributed by atoms with Gasteiger partial charge >= 0.3 is 0 Å². The Balaban J connectivity index is 1.37. The zero-order valence-corrected chi connectivity index (χ0v) is 16.6.